The molecular formula is C13H15IN4O2. The Morgan fingerprint density at radius 1 is 1.20 bits per heavy atom. The molecule has 0 bridgehead atoms. The second kappa shape index (κ2) is 6.80. The zero-order valence-electron chi connectivity index (χ0n) is 11.5. The van der Waals surface area contributed by atoms with E-state index < -0.39 is 0 Å². The van der Waals surface area contributed by atoms with E-state index in [0.29, 0.717) is 24.0 Å². The van der Waals surface area contributed by atoms with Gasteiger partial charge in [0, 0.05) is 20.2 Å². The van der Waals surface area contributed by atoms with Gasteiger partial charge in [0.25, 0.3) is 0 Å². The van der Waals surface area contributed by atoms with E-state index in [0.717, 1.165) is 15.1 Å². The largest absolute Gasteiger partial charge is 0.481 e. The Kier molecular flexibility index (Phi) is 5.07. The van der Waals surface area contributed by atoms with Gasteiger partial charge in [-0.3, -0.25) is 0 Å². The normalized spacial score (nSPS) is 10.4. The van der Waals surface area contributed by atoms with E-state index in [2.05, 4.69) is 42.9 Å². The molecule has 0 aromatic carbocycles. The first-order valence-corrected chi connectivity index (χ1v) is 7.02. The molecule has 6 nitrogen and oxygen atoms in total. The fraction of sp³-hybridized carbons (Fsp3) is 0.308. The van der Waals surface area contributed by atoms with Crippen LogP contribution in [0.4, 0.5) is 5.82 Å². The highest BCUT2D eigenvalue weighted by Gasteiger charge is 2.13. The Morgan fingerprint density at radius 2 is 2.00 bits per heavy atom. The number of nitrogens with zero attached hydrogens (tertiary/aromatic N) is 3. The molecular weight excluding hydrogens is 371 g/mol. The number of pyridine rings is 1. The molecule has 2 rings (SSSR count). The second-order valence-electron chi connectivity index (χ2n) is 3.90. The highest BCUT2D eigenvalue weighted by atomic mass is 127. The number of anilines is 1. The van der Waals surface area contributed by atoms with Gasteiger partial charge in [-0.15, -0.1) is 0 Å². The second-order valence-corrected chi connectivity index (χ2v) is 4.98. The summed E-state index contributed by atoms with van der Waals surface area (Å²) in [5.41, 5.74) is 1.49. The number of methoxy groups -OCH3 is 2. The lowest BCUT2D eigenvalue weighted by Crippen LogP contribution is -2.07. The van der Waals surface area contributed by atoms with Crippen LogP contribution in [0.25, 0.3) is 11.5 Å². The summed E-state index contributed by atoms with van der Waals surface area (Å²) < 4.78 is 11.2. The summed E-state index contributed by atoms with van der Waals surface area (Å²) in [6, 6.07) is 5.49. The van der Waals surface area contributed by atoms with Crippen LogP contribution in [0.1, 0.15) is 5.69 Å². The van der Waals surface area contributed by atoms with Crippen LogP contribution in [-0.4, -0.2) is 36.2 Å². The van der Waals surface area contributed by atoms with Crippen LogP contribution in [0.5, 0.6) is 5.88 Å². The Balaban J connectivity index is 2.52. The first-order valence-electron chi connectivity index (χ1n) is 5.94. The average Bonchev–Trinajstić information content (AvgIpc) is 2.49. The minimum absolute atomic E-state index is 0.423. The predicted molar refractivity (Wildman–Crippen MR) is 84.8 cm³/mol. The highest BCUT2D eigenvalue weighted by Crippen LogP contribution is 2.24. The maximum absolute atomic E-state index is 5.18. The molecule has 2 heterocycles. The summed E-state index contributed by atoms with van der Waals surface area (Å²) in [6.07, 6.45) is 0. The van der Waals surface area contributed by atoms with Gasteiger partial charge in [-0.25, -0.2) is 15.0 Å². The smallest absolute Gasteiger partial charge is 0.213 e. The van der Waals surface area contributed by atoms with E-state index in [-0.39, 0.29) is 0 Å². The number of hydrogen-bond acceptors (Lipinski definition) is 6. The first kappa shape index (κ1) is 14.9. The van der Waals surface area contributed by atoms with Crippen molar-refractivity contribution in [1.29, 1.82) is 0 Å². The van der Waals surface area contributed by atoms with Crippen molar-refractivity contribution in [3.8, 4) is 17.4 Å². The SMILES string of the molecule is CNc1nc(-c2cccc(OC)n2)nc(COC)c1I. The summed E-state index contributed by atoms with van der Waals surface area (Å²) in [7, 11) is 5.04. The number of halogens is 1. The molecule has 0 unspecified atom stereocenters. The predicted octanol–water partition coefficient (Wildman–Crippen LogP) is 2.34. The number of aromatic nitrogens is 3. The lowest BCUT2D eigenvalue weighted by Gasteiger charge is -2.10. The van der Waals surface area contributed by atoms with E-state index in [1.165, 1.54) is 0 Å². The molecule has 1 N–H and O–H groups in total. The van der Waals surface area contributed by atoms with Crippen LogP contribution >= 0.6 is 22.6 Å². The van der Waals surface area contributed by atoms with Crippen molar-refractivity contribution in [3.05, 3.63) is 27.5 Å². The standard InChI is InChI=1S/C13H15IN4O2/c1-15-13-11(14)9(7-19-2)17-12(18-13)8-5-4-6-10(16-8)20-3/h4-6H,7H2,1-3H3,(H,15,17,18). The van der Waals surface area contributed by atoms with Gasteiger partial charge < -0.3 is 14.8 Å². The third-order valence-electron chi connectivity index (χ3n) is 2.60. The lowest BCUT2D eigenvalue weighted by atomic mass is 10.3. The molecule has 0 aliphatic carbocycles. The van der Waals surface area contributed by atoms with Gasteiger partial charge in [0.1, 0.15) is 11.5 Å². The number of nitrogens with one attached hydrogen (secondary N) is 1. The fourth-order valence-corrected chi connectivity index (χ4v) is 2.33. The van der Waals surface area contributed by atoms with Crippen molar-refractivity contribution < 1.29 is 9.47 Å². The van der Waals surface area contributed by atoms with E-state index in [9.17, 15) is 0 Å². The molecule has 0 saturated carbocycles. The monoisotopic (exact) mass is 386 g/mol. The maximum atomic E-state index is 5.18. The van der Waals surface area contributed by atoms with Crippen molar-refractivity contribution in [2.45, 2.75) is 6.61 Å². The average molecular weight is 386 g/mol. The lowest BCUT2D eigenvalue weighted by molar-refractivity contribution is 0.181. The Bertz CT molecular complexity index is 607. The summed E-state index contributed by atoms with van der Waals surface area (Å²) >= 11 is 2.20. The number of rotatable bonds is 5. The Morgan fingerprint density at radius 3 is 2.65 bits per heavy atom. The zero-order valence-corrected chi connectivity index (χ0v) is 13.6. The molecule has 0 aliphatic rings. The van der Waals surface area contributed by atoms with E-state index in [4.69, 9.17) is 9.47 Å². The first-order chi connectivity index (χ1) is 9.69. The van der Waals surface area contributed by atoms with Crippen LogP contribution in [-0.2, 0) is 11.3 Å². The third-order valence-corrected chi connectivity index (χ3v) is 3.73. The fourth-order valence-electron chi connectivity index (χ4n) is 1.66. The summed E-state index contributed by atoms with van der Waals surface area (Å²) in [6.45, 7) is 0.423. The molecule has 20 heavy (non-hydrogen) atoms. The third kappa shape index (κ3) is 3.15. The van der Waals surface area contributed by atoms with Gasteiger partial charge in [0.15, 0.2) is 5.82 Å². The van der Waals surface area contributed by atoms with Crippen molar-refractivity contribution in [2.24, 2.45) is 0 Å². The molecule has 0 atom stereocenters. The summed E-state index contributed by atoms with van der Waals surface area (Å²) in [4.78, 5) is 13.3. The molecule has 0 fully saturated rings. The van der Waals surface area contributed by atoms with Crippen LogP contribution in [0.2, 0.25) is 0 Å². The Hall–Kier alpha value is -1.48. The van der Waals surface area contributed by atoms with Gasteiger partial charge in [-0.05, 0) is 28.7 Å². The molecule has 0 radical (unpaired) electrons. The van der Waals surface area contributed by atoms with Crippen molar-refractivity contribution >= 4 is 28.4 Å². The maximum Gasteiger partial charge on any atom is 0.213 e. The molecule has 0 amide bonds. The topological polar surface area (TPSA) is 69.2 Å². The number of hydrogen-bond donors (Lipinski definition) is 1. The van der Waals surface area contributed by atoms with Gasteiger partial charge in [-0.1, -0.05) is 6.07 Å². The van der Waals surface area contributed by atoms with Crippen LogP contribution in [0.3, 0.4) is 0 Å². The molecule has 2 aromatic rings. The number of ether oxygens (including phenoxy) is 2. The van der Waals surface area contributed by atoms with Gasteiger partial charge in [0.05, 0.1) is 23.0 Å². The van der Waals surface area contributed by atoms with Crippen LogP contribution in [0, 0.1) is 3.57 Å². The molecule has 7 heteroatoms. The molecule has 0 spiro atoms. The highest BCUT2D eigenvalue weighted by molar-refractivity contribution is 14.1. The van der Waals surface area contributed by atoms with E-state index >= 15 is 0 Å². The molecule has 0 saturated heterocycles. The van der Waals surface area contributed by atoms with Gasteiger partial charge >= 0.3 is 0 Å². The van der Waals surface area contributed by atoms with E-state index in [1.807, 2.05) is 19.2 Å². The molecule has 2 aromatic heterocycles. The minimum atomic E-state index is 0.423. The van der Waals surface area contributed by atoms with Crippen molar-refractivity contribution in [3.63, 3.8) is 0 Å². The Labute approximate surface area is 131 Å². The van der Waals surface area contributed by atoms with Crippen LogP contribution < -0.4 is 10.1 Å². The molecule has 0 aliphatic heterocycles. The van der Waals surface area contributed by atoms with Gasteiger partial charge in [0.2, 0.25) is 5.88 Å². The van der Waals surface area contributed by atoms with E-state index in [1.54, 1.807) is 20.3 Å². The molecule has 106 valence electrons. The van der Waals surface area contributed by atoms with Crippen molar-refractivity contribution in [2.75, 3.05) is 26.6 Å². The quantitative estimate of drug-likeness (QED) is 0.796. The minimum Gasteiger partial charge on any atom is -0.481 e. The summed E-state index contributed by atoms with van der Waals surface area (Å²) in [5.74, 6) is 1.83. The van der Waals surface area contributed by atoms with Crippen LogP contribution in [0.15, 0.2) is 18.2 Å². The van der Waals surface area contributed by atoms with Gasteiger partial charge in [-0.2, -0.15) is 0 Å². The zero-order chi connectivity index (χ0) is 14.5. The van der Waals surface area contributed by atoms with Crippen molar-refractivity contribution in [1.82, 2.24) is 15.0 Å². The summed E-state index contributed by atoms with van der Waals surface area (Å²) in [5, 5.41) is 3.06.